The molecule has 126 valence electrons. The molecule has 0 saturated heterocycles. The van der Waals surface area contributed by atoms with Gasteiger partial charge in [0.25, 0.3) is 0 Å². The molecule has 0 aliphatic carbocycles. The normalized spacial score (nSPS) is 10.3. The van der Waals surface area contributed by atoms with Gasteiger partial charge in [-0.15, -0.1) is 12.4 Å². The van der Waals surface area contributed by atoms with Crippen LogP contribution in [0.3, 0.4) is 0 Å². The van der Waals surface area contributed by atoms with Gasteiger partial charge in [-0.2, -0.15) is 0 Å². The van der Waals surface area contributed by atoms with E-state index in [-0.39, 0.29) is 18.1 Å². The maximum atomic E-state index is 13.9. The van der Waals surface area contributed by atoms with Gasteiger partial charge in [-0.25, -0.2) is 8.78 Å². The lowest BCUT2D eigenvalue weighted by molar-refractivity contribution is 0.340. The lowest BCUT2D eigenvalue weighted by atomic mass is 10.1. The van der Waals surface area contributed by atoms with Gasteiger partial charge in [-0.1, -0.05) is 0 Å². The molecule has 1 aromatic heterocycles. The van der Waals surface area contributed by atoms with Gasteiger partial charge in [0, 0.05) is 22.8 Å². The maximum Gasteiger partial charge on any atom is 0.149 e. The minimum Gasteiger partial charge on any atom is -0.494 e. The summed E-state index contributed by atoms with van der Waals surface area (Å²) in [5, 5.41) is 3.83. The Bertz CT molecular complexity index is 871. The third-order valence-corrected chi connectivity index (χ3v) is 3.42. The van der Waals surface area contributed by atoms with Crippen molar-refractivity contribution >= 4 is 34.7 Å². The first kappa shape index (κ1) is 17.9. The molecule has 0 radical (unpaired) electrons. The van der Waals surface area contributed by atoms with Crippen LogP contribution < -0.4 is 10.1 Å². The summed E-state index contributed by atoms with van der Waals surface area (Å²) in [5.74, 6) is -0.538. The van der Waals surface area contributed by atoms with Crippen molar-refractivity contribution in [1.29, 1.82) is 0 Å². The third-order valence-electron chi connectivity index (χ3n) is 3.42. The lowest BCUT2D eigenvalue weighted by Gasteiger charge is -2.13. The van der Waals surface area contributed by atoms with Crippen LogP contribution in [0.4, 0.5) is 20.2 Å². The molecule has 0 fully saturated rings. The maximum absolute atomic E-state index is 13.9. The van der Waals surface area contributed by atoms with E-state index in [4.69, 9.17) is 4.74 Å². The standard InChI is InChI=1S/C18H16F2N2O.ClH/c1-3-23-13-5-7-16-14(10-13)18(8-11(2)21-16)22-17-6-4-12(19)9-15(17)20;/h4-10H,3H2,1-2H3,(H,21,22);1H. The summed E-state index contributed by atoms with van der Waals surface area (Å²) >= 11 is 0. The molecule has 0 atom stereocenters. The number of benzene rings is 2. The summed E-state index contributed by atoms with van der Waals surface area (Å²) in [4.78, 5) is 4.47. The number of hydrogen-bond donors (Lipinski definition) is 1. The van der Waals surface area contributed by atoms with E-state index in [2.05, 4.69) is 10.3 Å². The highest BCUT2D eigenvalue weighted by molar-refractivity contribution is 5.94. The van der Waals surface area contributed by atoms with Crippen LogP contribution in [0.2, 0.25) is 0 Å². The van der Waals surface area contributed by atoms with Crippen LogP contribution in [-0.2, 0) is 0 Å². The second-order valence-corrected chi connectivity index (χ2v) is 5.17. The van der Waals surface area contributed by atoms with Crippen molar-refractivity contribution in [3.8, 4) is 5.75 Å². The Labute approximate surface area is 145 Å². The molecule has 6 heteroatoms. The highest BCUT2D eigenvalue weighted by Gasteiger charge is 2.09. The van der Waals surface area contributed by atoms with Gasteiger partial charge in [-0.05, 0) is 50.2 Å². The molecule has 3 rings (SSSR count). The number of halogens is 3. The van der Waals surface area contributed by atoms with Gasteiger partial charge < -0.3 is 10.1 Å². The zero-order valence-electron chi connectivity index (χ0n) is 13.3. The van der Waals surface area contributed by atoms with Crippen molar-refractivity contribution in [3.05, 3.63) is 59.8 Å². The highest BCUT2D eigenvalue weighted by Crippen LogP contribution is 2.30. The molecule has 1 heterocycles. The van der Waals surface area contributed by atoms with Crippen molar-refractivity contribution < 1.29 is 13.5 Å². The fourth-order valence-corrected chi connectivity index (χ4v) is 2.43. The van der Waals surface area contributed by atoms with E-state index < -0.39 is 11.6 Å². The fraction of sp³-hybridized carbons (Fsp3) is 0.167. The van der Waals surface area contributed by atoms with E-state index >= 15 is 0 Å². The van der Waals surface area contributed by atoms with Gasteiger partial charge in [0.1, 0.15) is 17.4 Å². The molecule has 0 amide bonds. The van der Waals surface area contributed by atoms with Crippen molar-refractivity contribution in [2.24, 2.45) is 0 Å². The quantitative estimate of drug-likeness (QED) is 0.685. The van der Waals surface area contributed by atoms with Crippen LogP contribution in [0.25, 0.3) is 10.9 Å². The Kier molecular flexibility index (Phi) is 5.57. The molecule has 0 spiro atoms. The van der Waals surface area contributed by atoms with Crippen LogP contribution in [0.15, 0.2) is 42.5 Å². The first-order chi connectivity index (χ1) is 11.1. The van der Waals surface area contributed by atoms with E-state index in [9.17, 15) is 8.78 Å². The van der Waals surface area contributed by atoms with Crippen LogP contribution in [0, 0.1) is 18.6 Å². The molecule has 0 saturated carbocycles. The minimum atomic E-state index is -0.645. The number of fused-ring (bicyclic) bond motifs is 1. The van der Waals surface area contributed by atoms with Crippen molar-refractivity contribution in [1.82, 2.24) is 4.98 Å². The smallest absolute Gasteiger partial charge is 0.149 e. The van der Waals surface area contributed by atoms with Gasteiger partial charge >= 0.3 is 0 Å². The van der Waals surface area contributed by atoms with Crippen molar-refractivity contribution in [2.45, 2.75) is 13.8 Å². The monoisotopic (exact) mass is 350 g/mol. The lowest BCUT2D eigenvalue weighted by Crippen LogP contribution is -1.98. The van der Waals surface area contributed by atoms with Crippen LogP contribution in [0.5, 0.6) is 5.75 Å². The van der Waals surface area contributed by atoms with E-state index in [1.54, 1.807) is 0 Å². The average Bonchev–Trinajstić information content (AvgIpc) is 2.51. The summed E-state index contributed by atoms with van der Waals surface area (Å²) in [5.41, 5.74) is 2.48. The average molecular weight is 351 g/mol. The Morgan fingerprint density at radius 1 is 1.04 bits per heavy atom. The number of aromatic nitrogens is 1. The summed E-state index contributed by atoms with van der Waals surface area (Å²) in [6, 6.07) is 10.8. The topological polar surface area (TPSA) is 34.1 Å². The molecule has 3 nitrogen and oxygen atoms in total. The molecule has 0 aliphatic rings. The number of anilines is 2. The summed E-state index contributed by atoms with van der Waals surface area (Å²) in [6.07, 6.45) is 0. The fourth-order valence-electron chi connectivity index (χ4n) is 2.43. The van der Waals surface area contributed by atoms with Gasteiger partial charge in [0.15, 0.2) is 0 Å². The number of aryl methyl sites for hydroxylation is 1. The largest absolute Gasteiger partial charge is 0.494 e. The molecule has 0 unspecified atom stereocenters. The summed E-state index contributed by atoms with van der Waals surface area (Å²) in [6.45, 7) is 4.33. The van der Waals surface area contributed by atoms with Gasteiger partial charge in [0.05, 0.1) is 17.8 Å². The van der Waals surface area contributed by atoms with Gasteiger partial charge in [-0.3, -0.25) is 4.98 Å². The Hall–Kier alpha value is -2.40. The molecule has 24 heavy (non-hydrogen) atoms. The molecular weight excluding hydrogens is 334 g/mol. The van der Waals surface area contributed by atoms with E-state index in [1.165, 1.54) is 12.1 Å². The SMILES string of the molecule is CCOc1ccc2nc(C)cc(Nc3ccc(F)cc3F)c2c1.Cl. The first-order valence-corrected chi connectivity index (χ1v) is 7.33. The number of nitrogens with one attached hydrogen (secondary N) is 1. The molecule has 0 bridgehead atoms. The predicted octanol–water partition coefficient (Wildman–Crippen LogP) is 5.39. The number of nitrogens with zero attached hydrogens (tertiary/aromatic N) is 1. The summed E-state index contributed by atoms with van der Waals surface area (Å²) < 4.78 is 32.5. The van der Waals surface area contributed by atoms with Crippen molar-refractivity contribution in [2.75, 3.05) is 11.9 Å². The first-order valence-electron chi connectivity index (χ1n) is 7.33. The van der Waals surface area contributed by atoms with Crippen molar-refractivity contribution in [3.63, 3.8) is 0 Å². The van der Waals surface area contributed by atoms with E-state index in [0.717, 1.165) is 22.7 Å². The molecule has 1 N–H and O–H groups in total. The highest BCUT2D eigenvalue weighted by atomic mass is 35.5. The molecule has 0 aliphatic heterocycles. The minimum absolute atomic E-state index is 0. The van der Waals surface area contributed by atoms with E-state index in [1.807, 2.05) is 38.1 Å². The molecule has 2 aromatic carbocycles. The second kappa shape index (κ2) is 7.45. The zero-order chi connectivity index (χ0) is 16.4. The third kappa shape index (κ3) is 3.74. The number of rotatable bonds is 4. The van der Waals surface area contributed by atoms with Crippen LogP contribution >= 0.6 is 12.4 Å². The van der Waals surface area contributed by atoms with Gasteiger partial charge in [0.2, 0.25) is 0 Å². The van der Waals surface area contributed by atoms with Crippen LogP contribution in [0.1, 0.15) is 12.6 Å². The Morgan fingerprint density at radius 2 is 1.83 bits per heavy atom. The number of hydrogen-bond acceptors (Lipinski definition) is 3. The predicted molar refractivity (Wildman–Crippen MR) is 94.5 cm³/mol. The summed E-state index contributed by atoms with van der Waals surface area (Å²) in [7, 11) is 0. The Balaban J connectivity index is 0.00000208. The van der Waals surface area contributed by atoms with E-state index in [0.29, 0.717) is 18.0 Å². The number of ether oxygens (including phenoxy) is 1. The Morgan fingerprint density at radius 3 is 2.54 bits per heavy atom. The second-order valence-electron chi connectivity index (χ2n) is 5.17. The van der Waals surface area contributed by atoms with Crippen LogP contribution in [-0.4, -0.2) is 11.6 Å². The molecule has 3 aromatic rings. The number of pyridine rings is 1. The molecular formula is C18H17ClF2N2O. The zero-order valence-corrected chi connectivity index (χ0v) is 14.1.